The molecular formula is C18H28O2. The first-order valence-electron chi connectivity index (χ1n) is 8.04. The summed E-state index contributed by atoms with van der Waals surface area (Å²) in [6.07, 6.45) is 3.88. The molecule has 20 heavy (non-hydrogen) atoms. The maximum atomic E-state index is 10.8. The van der Waals surface area contributed by atoms with Gasteiger partial charge in [-0.25, -0.2) is 0 Å². The lowest BCUT2D eigenvalue weighted by Gasteiger charge is -2.24. The second-order valence-electron chi connectivity index (χ2n) is 5.97. The summed E-state index contributed by atoms with van der Waals surface area (Å²) in [6.45, 7) is 9.33. The minimum atomic E-state index is -0.379. The molecule has 0 radical (unpaired) electrons. The van der Waals surface area contributed by atoms with Crippen molar-refractivity contribution in [2.24, 2.45) is 5.92 Å². The molecule has 1 aliphatic heterocycles. The van der Waals surface area contributed by atoms with E-state index in [0.717, 1.165) is 25.7 Å². The summed E-state index contributed by atoms with van der Waals surface area (Å²) in [5, 5.41) is 10.8. The summed E-state index contributed by atoms with van der Waals surface area (Å²) in [5.74, 6) is 0.244. The van der Waals surface area contributed by atoms with Crippen LogP contribution in [0.2, 0.25) is 0 Å². The van der Waals surface area contributed by atoms with Crippen LogP contribution in [0.25, 0.3) is 0 Å². The van der Waals surface area contributed by atoms with E-state index >= 15 is 0 Å². The van der Waals surface area contributed by atoms with E-state index in [4.69, 9.17) is 4.74 Å². The first kappa shape index (κ1) is 15.5. The van der Waals surface area contributed by atoms with Crippen molar-refractivity contribution in [1.82, 2.24) is 0 Å². The number of rotatable bonds is 5. The van der Waals surface area contributed by atoms with Gasteiger partial charge in [0.2, 0.25) is 0 Å². The van der Waals surface area contributed by atoms with Gasteiger partial charge in [0.1, 0.15) is 0 Å². The standard InChI is InChI=1S/C18H28O2/c1-5-13-9-14(6-2)17(15(7-3)10-13)18(19)16-8-12(4)20-11-16/h9-10,12,16,18-19H,5-8,11H2,1-4H3. The van der Waals surface area contributed by atoms with E-state index in [1.54, 1.807) is 0 Å². The molecule has 1 aliphatic rings. The van der Waals surface area contributed by atoms with E-state index in [2.05, 4.69) is 39.8 Å². The van der Waals surface area contributed by atoms with Crippen LogP contribution in [-0.2, 0) is 24.0 Å². The third kappa shape index (κ3) is 3.07. The number of hydrogen-bond acceptors (Lipinski definition) is 2. The lowest BCUT2D eigenvalue weighted by atomic mass is 9.84. The van der Waals surface area contributed by atoms with Crippen LogP contribution in [0.3, 0.4) is 0 Å². The minimum absolute atomic E-state index is 0.244. The van der Waals surface area contributed by atoms with E-state index in [1.165, 1.54) is 22.3 Å². The van der Waals surface area contributed by atoms with Gasteiger partial charge < -0.3 is 9.84 Å². The van der Waals surface area contributed by atoms with Gasteiger partial charge in [-0.15, -0.1) is 0 Å². The van der Waals surface area contributed by atoms with E-state index in [0.29, 0.717) is 6.61 Å². The summed E-state index contributed by atoms with van der Waals surface area (Å²) in [4.78, 5) is 0. The summed E-state index contributed by atoms with van der Waals surface area (Å²) in [5.41, 5.74) is 5.18. The van der Waals surface area contributed by atoms with Crippen LogP contribution in [0, 0.1) is 5.92 Å². The number of hydrogen-bond donors (Lipinski definition) is 1. The van der Waals surface area contributed by atoms with Crippen molar-refractivity contribution in [3.05, 3.63) is 34.4 Å². The fourth-order valence-corrected chi connectivity index (χ4v) is 3.33. The molecule has 2 heteroatoms. The smallest absolute Gasteiger partial charge is 0.0846 e. The molecular weight excluding hydrogens is 248 g/mol. The summed E-state index contributed by atoms with van der Waals surface area (Å²) >= 11 is 0. The second kappa shape index (κ2) is 6.73. The molecule has 1 saturated heterocycles. The zero-order valence-electron chi connectivity index (χ0n) is 13.3. The first-order chi connectivity index (χ1) is 9.60. The Morgan fingerprint density at radius 1 is 1.15 bits per heavy atom. The average molecular weight is 276 g/mol. The zero-order valence-corrected chi connectivity index (χ0v) is 13.3. The van der Waals surface area contributed by atoms with Crippen molar-refractivity contribution >= 4 is 0 Å². The number of aryl methyl sites for hydroxylation is 3. The van der Waals surface area contributed by atoms with Gasteiger partial charge in [0.15, 0.2) is 0 Å². The minimum Gasteiger partial charge on any atom is -0.388 e. The summed E-state index contributed by atoms with van der Waals surface area (Å²) < 4.78 is 5.64. The lowest BCUT2D eigenvalue weighted by molar-refractivity contribution is 0.0795. The van der Waals surface area contributed by atoms with Gasteiger partial charge >= 0.3 is 0 Å². The van der Waals surface area contributed by atoms with Gasteiger partial charge in [-0.05, 0) is 54.9 Å². The predicted molar refractivity (Wildman–Crippen MR) is 83.1 cm³/mol. The highest BCUT2D eigenvalue weighted by Crippen LogP contribution is 2.36. The van der Waals surface area contributed by atoms with Gasteiger partial charge in [0, 0.05) is 5.92 Å². The van der Waals surface area contributed by atoms with Gasteiger partial charge in [-0.2, -0.15) is 0 Å². The third-order valence-electron chi connectivity index (χ3n) is 4.55. The van der Waals surface area contributed by atoms with Gasteiger partial charge in [0.05, 0.1) is 18.8 Å². The SMILES string of the molecule is CCc1cc(CC)c(C(O)C2COC(C)C2)c(CC)c1. The van der Waals surface area contributed by atoms with Crippen molar-refractivity contribution in [3.8, 4) is 0 Å². The molecule has 1 aromatic carbocycles. The highest BCUT2D eigenvalue weighted by Gasteiger charge is 2.31. The topological polar surface area (TPSA) is 29.5 Å². The largest absolute Gasteiger partial charge is 0.388 e. The molecule has 1 heterocycles. The van der Waals surface area contributed by atoms with Crippen LogP contribution in [-0.4, -0.2) is 17.8 Å². The van der Waals surface area contributed by atoms with Gasteiger partial charge in [-0.1, -0.05) is 32.9 Å². The molecule has 112 valence electrons. The van der Waals surface area contributed by atoms with Crippen LogP contribution >= 0.6 is 0 Å². The molecule has 0 amide bonds. The Morgan fingerprint density at radius 3 is 2.15 bits per heavy atom. The molecule has 1 fully saturated rings. The maximum absolute atomic E-state index is 10.8. The highest BCUT2D eigenvalue weighted by molar-refractivity contribution is 5.41. The molecule has 1 aromatic rings. The van der Waals surface area contributed by atoms with Crippen molar-refractivity contribution in [2.75, 3.05) is 6.61 Å². The summed E-state index contributed by atoms with van der Waals surface area (Å²) in [7, 11) is 0. The number of aliphatic hydroxyl groups excluding tert-OH is 1. The molecule has 3 atom stereocenters. The Morgan fingerprint density at radius 2 is 1.75 bits per heavy atom. The Labute approximate surface area is 123 Å². The number of ether oxygens (including phenoxy) is 1. The zero-order chi connectivity index (χ0) is 14.7. The first-order valence-corrected chi connectivity index (χ1v) is 8.04. The maximum Gasteiger partial charge on any atom is 0.0846 e. The molecule has 0 spiro atoms. The molecule has 0 saturated carbocycles. The molecule has 0 bridgehead atoms. The van der Waals surface area contributed by atoms with Crippen molar-refractivity contribution in [2.45, 2.75) is 65.6 Å². The Balaban J connectivity index is 2.38. The van der Waals surface area contributed by atoms with E-state index < -0.39 is 0 Å². The highest BCUT2D eigenvalue weighted by atomic mass is 16.5. The van der Waals surface area contributed by atoms with Gasteiger partial charge in [0.25, 0.3) is 0 Å². The quantitative estimate of drug-likeness (QED) is 0.885. The van der Waals surface area contributed by atoms with Crippen LogP contribution < -0.4 is 0 Å². The number of aliphatic hydroxyl groups is 1. The molecule has 0 aliphatic carbocycles. The molecule has 3 unspecified atom stereocenters. The van der Waals surface area contributed by atoms with Gasteiger partial charge in [-0.3, -0.25) is 0 Å². The molecule has 2 rings (SSSR count). The van der Waals surface area contributed by atoms with Crippen LogP contribution in [0.15, 0.2) is 12.1 Å². The lowest BCUT2D eigenvalue weighted by Crippen LogP contribution is -2.17. The normalized spacial score (nSPS) is 24.1. The van der Waals surface area contributed by atoms with E-state index in [-0.39, 0.29) is 18.1 Å². The Bertz CT molecular complexity index is 428. The molecule has 2 nitrogen and oxygen atoms in total. The van der Waals surface area contributed by atoms with Crippen LogP contribution in [0.5, 0.6) is 0 Å². The monoisotopic (exact) mass is 276 g/mol. The predicted octanol–water partition coefficient (Wildman–Crippen LogP) is 3.83. The fraction of sp³-hybridized carbons (Fsp3) is 0.667. The Kier molecular flexibility index (Phi) is 5.22. The van der Waals surface area contributed by atoms with E-state index in [9.17, 15) is 5.11 Å². The van der Waals surface area contributed by atoms with Crippen LogP contribution in [0.4, 0.5) is 0 Å². The fourth-order valence-electron chi connectivity index (χ4n) is 3.33. The third-order valence-corrected chi connectivity index (χ3v) is 4.55. The number of benzene rings is 1. The Hall–Kier alpha value is -0.860. The van der Waals surface area contributed by atoms with Crippen molar-refractivity contribution in [1.29, 1.82) is 0 Å². The van der Waals surface area contributed by atoms with Crippen molar-refractivity contribution in [3.63, 3.8) is 0 Å². The second-order valence-corrected chi connectivity index (χ2v) is 5.97. The summed E-state index contributed by atoms with van der Waals surface area (Å²) in [6, 6.07) is 4.55. The van der Waals surface area contributed by atoms with E-state index in [1.807, 2.05) is 0 Å². The van der Waals surface area contributed by atoms with Crippen LogP contribution in [0.1, 0.15) is 62.5 Å². The average Bonchev–Trinajstić information content (AvgIpc) is 2.91. The molecule has 1 N–H and O–H groups in total. The molecule has 0 aromatic heterocycles. The van der Waals surface area contributed by atoms with Crippen molar-refractivity contribution < 1.29 is 9.84 Å².